The number of fused-ring (bicyclic) bond motifs is 9. The average molecular weight is 821 g/mol. The molecule has 0 aliphatic heterocycles. The van der Waals surface area contributed by atoms with E-state index in [1.54, 1.807) is 0 Å². The molecule has 9 aromatic carbocycles. The standard InChI is InChI=1S/C58H36N4S/c1-2-15-39(16-3-1)58-59-50(38-31-29-37(30-32-38)43-22-14-23-49-48-21-8-13-28-56(48)63-57(43)49)36-51(60-58)40-33-41(61-52-24-9-4-17-44(52)45-18-5-10-25-53(45)61)35-42(34-40)62-54-26-11-6-19-46(54)47-20-7-12-27-55(47)62/h1-36H. The van der Waals surface area contributed by atoms with Crippen LogP contribution in [-0.4, -0.2) is 19.1 Å². The number of nitrogens with zero attached hydrogens (tertiary/aromatic N) is 4. The van der Waals surface area contributed by atoms with E-state index in [0.29, 0.717) is 5.82 Å². The van der Waals surface area contributed by atoms with Gasteiger partial charge in [-0.3, -0.25) is 0 Å². The van der Waals surface area contributed by atoms with Crippen LogP contribution in [0.1, 0.15) is 0 Å². The number of thiophene rings is 1. The minimum atomic E-state index is 0.683. The van der Waals surface area contributed by atoms with E-state index in [9.17, 15) is 0 Å². The van der Waals surface area contributed by atoms with Crippen molar-refractivity contribution in [1.82, 2.24) is 19.1 Å². The Morgan fingerprint density at radius 2 is 0.778 bits per heavy atom. The molecular weight excluding hydrogens is 785 g/mol. The van der Waals surface area contributed by atoms with E-state index >= 15 is 0 Å². The Kier molecular flexibility index (Phi) is 8.05. The van der Waals surface area contributed by atoms with Crippen LogP contribution >= 0.6 is 11.3 Å². The molecule has 0 bridgehead atoms. The van der Waals surface area contributed by atoms with Gasteiger partial charge in [-0.25, -0.2) is 9.97 Å². The van der Waals surface area contributed by atoms with Crippen molar-refractivity contribution in [3.63, 3.8) is 0 Å². The van der Waals surface area contributed by atoms with Crippen molar-refractivity contribution in [3.05, 3.63) is 218 Å². The van der Waals surface area contributed by atoms with E-state index in [4.69, 9.17) is 9.97 Å². The van der Waals surface area contributed by atoms with Crippen LogP contribution < -0.4 is 0 Å². The lowest BCUT2D eigenvalue weighted by atomic mass is 10.00. The van der Waals surface area contributed by atoms with Gasteiger partial charge in [-0.05, 0) is 65.7 Å². The molecule has 0 atom stereocenters. The quantitative estimate of drug-likeness (QED) is 0.167. The summed E-state index contributed by atoms with van der Waals surface area (Å²) in [7, 11) is 0. The highest BCUT2D eigenvalue weighted by atomic mass is 32.1. The molecule has 0 saturated carbocycles. The van der Waals surface area contributed by atoms with Crippen LogP contribution in [0.15, 0.2) is 218 Å². The number of hydrogen-bond acceptors (Lipinski definition) is 3. The van der Waals surface area contributed by atoms with Crippen LogP contribution in [0.2, 0.25) is 0 Å². The first-order chi connectivity index (χ1) is 31.2. The second-order valence-corrected chi connectivity index (χ2v) is 17.2. The summed E-state index contributed by atoms with van der Waals surface area (Å²) in [4.78, 5) is 10.7. The summed E-state index contributed by atoms with van der Waals surface area (Å²) < 4.78 is 7.43. The van der Waals surface area contributed by atoms with Gasteiger partial charge in [0.15, 0.2) is 5.82 Å². The van der Waals surface area contributed by atoms with Gasteiger partial charge in [-0.1, -0.05) is 164 Å². The van der Waals surface area contributed by atoms with Crippen LogP contribution in [0.5, 0.6) is 0 Å². The second-order valence-electron chi connectivity index (χ2n) is 16.2. The zero-order chi connectivity index (χ0) is 41.4. The van der Waals surface area contributed by atoms with E-state index in [2.05, 4.69) is 221 Å². The van der Waals surface area contributed by atoms with E-state index < -0.39 is 0 Å². The van der Waals surface area contributed by atoms with Gasteiger partial charge in [-0.15, -0.1) is 11.3 Å². The molecule has 0 radical (unpaired) electrons. The molecule has 63 heavy (non-hydrogen) atoms. The van der Waals surface area contributed by atoms with Gasteiger partial charge in [-0.2, -0.15) is 0 Å². The van der Waals surface area contributed by atoms with Gasteiger partial charge in [0.25, 0.3) is 0 Å². The summed E-state index contributed by atoms with van der Waals surface area (Å²) >= 11 is 1.86. The highest BCUT2D eigenvalue weighted by Crippen LogP contribution is 2.41. The number of aromatic nitrogens is 4. The molecule has 5 heteroatoms. The summed E-state index contributed by atoms with van der Waals surface area (Å²) in [5.74, 6) is 0.683. The molecule has 0 fully saturated rings. The van der Waals surface area contributed by atoms with Crippen LogP contribution in [0.3, 0.4) is 0 Å². The van der Waals surface area contributed by atoms with E-state index in [1.807, 2.05) is 17.4 Å². The van der Waals surface area contributed by atoms with E-state index in [0.717, 1.165) is 61.5 Å². The predicted molar refractivity (Wildman–Crippen MR) is 265 cm³/mol. The van der Waals surface area contributed by atoms with Crippen molar-refractivity contribution < 1.29 is 0 Å². The van der Waals surface area contributed by atoms with Crippen LogP contribution in [-0.2, 0) is 0 Å². The van der Waals surface area contributed by atoms with Crippen molar-refractivity contribution in [2.45, 2.75) is 0 Å². The summed E-state index contributed by atoms with van der Waals surface area (Å²) in [5, 5.41) is 7.49. The average Bonchev–Trinajstić information content (AvgIpc) is 4.02. The molecule has 0 aliphatic rings. The summed E-state index contributed by atoms with van der Waals surface area (Å²) in [5.41, 5.74) is 13.9. The van der Waals surface area contributed by atoms with Gasteiger partial charge in [0, 0.05) is 69.8 Å². The number of para-hydroxylation sites is 4. The number of hydrogen-bond donors (Lipinski definition) is 0. The fraction of sp³-hybridized carbons (Fsp3) is 0. The zero-order valence-electron chi connectivity index (χ0n) is 34.0. The van der Waals surface area contributed by atoms with Crippen molar-refractivity contribution >= 4 is 75.1 Å². The first-order valence-corrected chi connectivity index (χ1v) is 22.1. The molecule has 0 unspecified atom stereocenters. The maximum absolute atomic E-state index is 5.39. The maximum atomic E-state index is 5.39. The van der Waals surface area contributed by atoms with Gasteiger partial charge in [0.1, 0.15) is 0 Å². The predicted octanol–water partition coefficient (Wildman–Crippen LogP) is 15.7. The number of benzene rings is 9. The van der Waals surface area contributed by atoms with Crippen LogP contribution in [0.25, 0.3) is 120 Å². The Labute approximate surface area is 367 Å². The lowest BCUT2D eigenvalue weighted by molar-refractivity contribution is 1.13. The monoisotopic (exact) mass is 820 g/mol. The summed E-state index contributed by atoms with van der Waals surface area (Å²) in [6.45, 7) is 0. The second kappa shape index (κ2) is 14.2. The van der Waals surface area contributed by atoms with E-state index in [1.165, 1.54) is 52.8 Å². The molecule has 4 aromatic heterocycles. The third-order valence-electron chi connectivity index (χ3n) is 12.5. The van der Waals surface area contributed by atoms with Crippen LogP contribution in [0.4, 0.5) is 0 Å². The third-order valence-corrected chi connectivity index (χ3v) is 13.7. The highest BCUT2D eigenvalue weighted by Gasteiger charge is 2.19. The Hall–Kier alpha value is -8.12. The first-order valence-electron chi connectivity index (χ1n) is 21.3. The van der Waals surface area contributed by atoms with Gasteiger partial charge in [0.05, 0.1) is 33.5 Å². The largest absolute Gasteiger partial charge is 0.309 e. The molecule has 294 valence electrons. The lowest BCUT2D eigenvalue weighted by Crippen LogP contribution is -2.01. The lowest BCUT2D eigenvalue weighted by Gasteiger charge is -2.16. The van der Waals surface area contributed by atoms with E-state index in [-0.39, 0.29) is 0 Å². The Balaban J connectivity index is 1.04. The molecule has 4 nitrogen and oxygen atoms in total. The zero-order valence-corrected chi connectivity index (χ0v) is 34.8. The fourth-order valence-electron chi connectivity index (χ4n) is 9.66. The molecule has 4 heterocycles. The molecule has 0 amide bonds. The molecule has 13 aromatic rings. The van der Waals surface area contributed by atoms with Crippen LogP contribution in [0, 0.1) is 0 Å². The highest BCUT2D eigenvalue weighted by molar-refractivity contribution is 7.26. The van der Waals surface area contributed by atoms with Crippen molar-refractivity contribution in [3.8, 4) is 56.4 Å². The molecule has 13 rings (SSSR count). The molecule has 0 spiro atoms. The first kappa shape index (κ1) is 35.6. The van der Waals surface area contributed by atoms with Gasteiger partial charge < -0.3 is 9.13 Å². The summed E-state index contributed by atoms with van der Waals surface area (Å²) in [6.07, 6.45) is 0. The van der Waals surface area contributed by atoms with Gasteiger partial charge in [0.2, 0.25) is 0 Å². The molecular formula is C58H36N4S. The van der Waals surface area contributed by atoms with Crippen molar-refractivity contribution in [2.75, 3.05) is 0 Å². The van der Waals surface area contributed by atoms with Gasteiger partial charge >= 0.3 is 0 Å². The Morgan fingerprint density at radius 3 is 1.35 bits per heavy atom. The Morgan fingerprint density at radius 1 is 0.317 bits per heavy atom. The van der Waals surface area contributed by atoms with Crippen molar-refractivity contribution in [2.24, 2.45) is 0 Å². The fourth-order valence-corrected chi connectivity index (χ4v) is 10.9. The summed E-state index contributed by atoms with van der Waals surface area (Å²) in [6, 6.07) is 78.5. The Bertz CT molecular complexity index is 3670. The smallest absolute Gasteiger partial charge is 0.160 e. The maximum Gasteiger partial charge on any atom is 0.160 e. The minimum Gasteiger partial charge on any atom is -0.309 e. The molecule has 0 aliphatic carbocycles. The SMILES string of the molecule is c1ccc(-c2nc(-c3ccc(-c4cccc5c4sc4ccccc45)cc3)cc(-c3cc(-n4c5ccccc5c5ccccc54)cc(-n4c5ccccc5c5ccccc54)c3)n2)cc1. The molecule has 0 saturated heterocycles. The molecule has 0 N–H and O–H groups in total. The minimum absolute atomic E-state index is 0.683. The third kappa shape index (κ3) is 5.74. The topological polar surface area (TPSA) is 35.6 Å². The normalized spacial score (nSPS) is 11.8. The number of rotatable bonds is 6. The van der Waals surface area contributed by atoms with Crippen molar-refractivity contribution in [1.29, 1.82) is 0 Å².